The fourth-order valence-electron chi connectivity index (χ4n) is 3.64. The third kappa shape index (κ3) is 3.93. The molecule has 1 saturated carbocycles. The number of fused-ring (bicyclic) bond motifs is 1. The minimum absolute atomic E-state index is 0.0644. The van der Waals surface area contributed by atoms with Crippen LogP contribution in [0.3, 0.4) is 0 Å². The molecule has 3 aromatic heterocycles. The Labute approximate surface area is 162 Å². The van der Waals surface area contributed by atoms with Gasteiger partial charge in [0.15, 0.2) is 0 Å². The monoisotopic (exact) mass is 386 g/mol. The molecule has 2 atom stereocenters. The van der Waals surface area contributed by atoms with Crippen molar-refractivity contribution in [2.45, 2.75) is 57.8 Å². The number of alkyl halides is 1. The van der Waals surface area contributed by atoms with Crippen molar-refractivity contribution in [3.05, 3.63) is 42.5 Å². The Bertz CT molecular complexity index is 972. The fraction of sp³-hybridized carbons (Fsp3) is 0.429. The molecule has 0 bridgehead atoms. The molecule has 1 fully saturated rings. The molecule has 0 aromatic carbocycles. The second-order valence-electron chi connectivity index (χ2n) is 7.51. The summed E-state index contributed by atoms with van der Waals surface area (Å²) in [5.41, 5.74) is 1.79. The Balaban J connectivity index is 1.64. The number of halogens is 2. The molecule has 148 valence electrons. The van der Waals surface area contributed by atoms with Gasteiger partial charge < -0.3 is 10.1 Å². The summed E-state index contributed by atoms with van der Waals surface area (Å²) in [6.07, 6.45) is 5.73. The molecule has 28 heavy (non-hydrogen) atoms. The van der Waals surface area contributed by atoms with Gasteiger partial charge in [-0.1, -0.05) is 12.8 Å². The average Bonchev–Trinajstić information content (AvgIpc) is 3.06. The minimum atomic E-state index is -0.933. The topological polar surface area (TPSA) is 51.5 Å². The number of pyridine rings is 2. The van der Waals surface area contributed by atoms with Crippen molar-refractivity contribution in [1.29, 1.82) is 0 Å². The standard InChI is InChI=1S/C21H24F2N4O/c1-13(2)28-15-7-8-27-19(12-24-21(27)11-15)18-9-14(22)10-20(26-18)25-17-6-4-3-5-16(17)23/h7-13,16-17H,3-6H2,1-2H3,(H,25,26)/t16-,17-/m0/s1. The molecule has 1 N–H and O–H groups in total. The summed E-state index contributed by atoms with van der Waals surface area (Å²) < 4.78 is 35.9. The van der Waals surface area contributed by atoms with E-state index >= 15 is 0 Å². The van der Waals surface area contributed by atoms with Gasteiger partial charge in [-0.25, -0.2) is 18.7 Å². The molecule has 0 radical (unpaired) electrons. The quantitative estimate of drug-likeness (QED) is 0.669. The molecule has 7 heteroatoms. The van der Waals surface area contributed by atoms with Crippen LogP contribution in [-0.2, 0) is 0 Å². The number of hydrogen-bond donors (Lipinski definition) is 1. The van der Waals surface area contributed by atoms with Crippen molar-refractivity contribution in [3.8, 4) is 17.1 Å². The first-order valence-corrected chi connectivity index (χ1v) is 9.72. The summed E-state index contributed by atoms with van der Waals surface area (Å²) in [6.45, 7) is 3.92. The Morgan fingerprint density at radius 3 is 2.82 bits per heavy atom. The van der Waals surface area contributed by atoms with Gasteiger partial charge in [-0.2, -0.15) is 0 Å². The summed E-state index contributed by atoms with van der Waals surface area (Å²) in [5.74, 6) is 0.646. The number of ether oxygens (including phenoxy) is 1. The number of anilines is 1. The minimum Gasteiger partial charge on any atom is -0.491 e. The molecule has 0 unspecified atom stereocenters. The fourth-order valence-corrected chi connectivity index (χ4v) is 3.64. The maximum absolute atomic E-state index is 14.3. The molecule has 0 saturated heterocycles. The molecule has 1 aliphatic carbocycles. The highest BCUT2D eigenvalue weighted by Crippen LogP contribution is 2.27. The van der Waals surface area contributed by atoms with E-state index in [9.17, 15) is 8.78 Å². The normalized spacial score (nSPS) is 19.9. The Morgan fingerprint density at radius 2 is 2.04 bits per heavy atom. The lowest BCUT2D eigenvalue weighted by Gasteiger charge is -2.27. The smallest absolute Gasteiger partial charge is 0.140 e. The Hall–Kier alpha value is -2.70. The summed E-state index contributed by atoms with van der Waals surface area (Å²) in [5, 5.41) is 3.08. The summed E-state index contributed by atoms with van der Waals surface area (Å²) in [7, 11) is 0. The zero-order chi connectivity index (χ0) is 19.7. The van der Waals surface area contributed by atoms with Crippen molar-refractivity contribution >= 4 is 11.5 Å². The van der Waals surface area contributed by atoms with E-state index in [2.05, 4.69) is 15.3 Å². The van der Waals surface area contributed by atoms with Gasteiger partial charge in [0.2, 0.25) is 0 Å². The molecular weight excluding hydrogens is 362 g/mol. The average molecular weight is 386 g/mol. The number of aromatic nitrogens is 3. The van der Waals surface area contributed by atoms with E-state index in [1.54, 1.807) is 6.20 Å². The van der Waals surface area contributed by atoms with E-state index in [1.165, 1.54) is 12.1 Å². The predicted octanol–water partition coefficient (Wildman–Crippen LogP) is 5.02. The molecule has 0 aliphatic heterocycles. The van der Waals surface area contributed by atoms with Crippen LogP contribution in [0.5, 0.6) is 5.75 Å². The highest BCUT2D eigenvalue weighted by Gasteiger charge is 2.25. The van der Waals surface area contributed by atoms with E-state index in [0.717, 1.165) is 25.0 Å². The number of nitrogens with zero attached hydrogens (tertiary/aromatic N) is 3. The molecule has 4 rings (SSSR count). The molecule has 1 aliphatic rings. The van der Waals surface area contributed by atoms with Gasteiger partial charge in [-0.15, -0.1) is 0 Å². The van der Waals surface area contributed by atoms with Crippen LogP contribution >= 0.6 is 0 Å². The van der Waals surface area contributed by atoms with Crippen LogP contribution in [0.25, 0.3) is 17.0 Å². The van der Waals surface area contributed by atoms with Gasteiger partial charge in [-0.3, -0.25) is 4.40 Å². The van der Waals surface area contributed by atoms with Crippen molar-refractivity contribution in [3.63, 3.8) is 0 Å². The highest BCUT2D eigenvalue weighted by molar-refractivity contribution is 5.63. The summed E-state index contributed by atoms with van der Waals surface area (Å²) >= 11 is 0. The molecule has 3 aromatic rings. The van der Waals surface area contributed by atoms with Crippen LogP contribution in [0.4, 0.5) is 14.6 Å². The lowest BCUT2D eigenvalue weighted by atomic mass is 9.93. The second kappa shape index (κ2) is 7.73. The molecule has 3 heterocycles. The van der Waals surface area contributed by atoms with Crippen LogP contribution in [0.2, 0.25) is 0 Å². The van der Waals surface area contributed by atoms with Crippen LogP contribution < -0.4 is 10.1 Å². The molecular formula is C21H24F2N4O. The maximum Gasteiger partial charge on any atom is 0.140 e. The summed E-state index contributed by atoms with van der Waals surface area (Å²) in [6, 6.07) is 6.02. The summed E-state index contributed by atoms with van der Waals surface area (Å²) in [4.78, 5) is 8.91. The number of imidazole rings is 1. The third-order valence-corrected chi connectivity index (χ3v) is 4.92. The van der Waals surface area contributed by atoms with Crippen LogP contribution in [0, 0.1) is 5.82 Å². The largest absolute Gasteiger partial charge is 0.491 e. The first-order valence-electron chi connectivity index (χ1n) is 9.72. The molecule has 0 spiro atoms. The van der Waals surface area contributed by atoms with Crippen molar-refractivity contribution in [1.82, 2.24) is 14.4 Å². The zero-order valence-electron chi connectivity index (χ0n) is 16.0. The van der Waals surface area contributed by atoms with Crippen LogP contribution in [-0.4, -0.2) is 32.7 Å². The number of rotatable bonds is 5. The number of hydrogen-bond acceptors (Lipinski definition) is 4. The van der Waals surface area contributed by atoms with Gasteiger partial charge in [0, 0.05) is 24.4 Å². The van der Waals surface area contributed by atoms with Gasteiger partial charge >= 0.3 is 0 Å². The Morgan fingerprint density at radius 1 is 1.21 bits per heavy atom. The van der Waals surface area contributed by atoms with Crippen LogP contribution in [0.1, 0.15) is 39.5 Å². The van der Waals surface area contributed by atoms with Gasteiger partial charge in [0.1, 0.15) is 29.2 Å². The van der Waals surface area contributed by atoms with Crippen molar-refractivity contribution < 1.29 is 13.5 Å². The van der Waals surface area contributed by atoms with Gasteiger partial charge in [0.05, 0.1) is 29.7 Å². The van der Waals surface area contributed by atoms with E-state index in [4.69, 9.17) is 4.74 Å². The second-order valence-corrected chi connectivity index (χ2v) is 7.51. The first-order chi connectivity index (χ1) is 13.5. The van der Waals surface area contributed by atoms with E-state index in [1.807, 2.05) is 36.6 Å². The van der Waals surface area contributed by atoms with E-state index in [0.29, 0.717) is 29.3 Å². The number of nitrogens with one attached hydrogen (secondary N) is 1. The highest BCUT2D eigenvalue weighted by atomic mass is 19.1. The third-order valence-electron chi connectivity index (χ3n) is 4.92. The van der Waals surface area contributed by atoms with E-state index in [-0.39, 0.29) is 12.1 Å². The Kier molecular flexibility index (Phi) is 5.15. The van der Waals surface area contributed by atoms with Crippen molar-refractivity contribution in [2.75, 3.05) is 5.32 Å². The molecule has 5 nitrogen and oxygen atoms in total. The maximum atomic E-state index is 14.3. The van der Waals surface area contributed by atoms with Crippen molar-refractivity contribution in [2.24, 2.45) is 0 Å². The first kappa shape index (κ1) is 18.7. The zero-order valence-corrected chi connectivity index (χ0v) is 16.0. The van der Waals surface area contributed by atoms with Crippen LogP contribution in [0.15, 0.2) is 36.7 Å². The van der Waals surface area contributed by atoms with Gasteiger partial charge in [-0.05, 0) is 32.8 Å². The lowest BCUT2D eigenvalue weighted by molar-refractivity contribution is 0.229. The van der Waals surface area contributed by atoms with E-state index < -0.39 is 12.0 Å². The lowest BCUT2D eigenvalue weighted by Crippen LogP contribution is -2.33. The molecule has 0 amide bonds. The predicted molar refractivity (Wildman–Crippen MR) is 105 cm³/mol. The van der Waals surface area contributed by atoms with Gasteiger partial charge in [0.25, 0.3) is 0 Å². The SMILES string of the molecule is CC(C)Oc1ccn2c(-c3cc(F)cc(N[C@H]4CCCC[C@@H]4F)n3)cnc2c1.